The van der Waals surface area contributed by atoms with Gasteiger partial charge in [-0.1, -0.05) is 35.9 Å². The third kappa shape index (κ3) is 3.05. The predicted molar refractivity (Wildman–Crippen MR) is 84.0 cm³/mol. The van der Waals surface area contributed by atoms with Crippen LogP contribution in [-0.2, 0) is 6.54 Å². The minimum Gasteiger partial charge on any atom is -0.632 e. The highest BCUT2D eigenvalue weighted by Crippen LogP contribution is 2.34. The van der Waals surface area contributed by atoms with Crippen molar-refractivity contribution in [2.24, 2.45) is 0 Å². The van der Waals surface area contributed by atoms with Crippen LogP contribution in [0.2, 0.25) is 5.02 Å². The third-order valence-electron chi connectivity index (χ3n) is 4.02. The molecule has 0 aromatic heterocycles. The van der Waals surface area contributed by atoms with Crippen LogP contribution in [0.25, 0.3) is 0 Å². The van der Waals surface area contributed by atoms with Gasteiger partial charge in [0, 0.05) is 10.6 Å². The molecule has 2 aromatic carbocycles. The van der Waals surface area contributed by atoms with E-state index in [1.54, 1.807) is 0 Å². The van der Waals surface area contributed by atoms with E-state index < -0.39 is 0 Å². The average molecular weight is 304 g/mol. The van der Waals surface area contributed by atoms with Gasteiger partial charge >= 0.3 is 0 Å². The summed E-state index contributed by atoms with van der Waals surface area (Å²) < 4.78 is 5.85. The molecule has 0 saturated carbocycles. The van der Waals surface area contributed by atoms with Crippen LogP contribution in [0, 0.1) is 5.21 Å². The molecular weight excluding hydrogens is 286 g/mol. The van der Waals surface area contributed by atoms with Crippen LogP contribution in [0.3, 0.4) is 0 Å². The van der Waals surface area contributed by atoms with Gasteiger partial charge < -0.3 is 14.6 Å². The van der Waals surface area contributed by atoms with Gasteiger partial charge in [-0.25, -0.2) is 0 Å². The Labute approximate surface area is 129 Å². The fourth-order valence-electron chi connectivity index (χ4n) is 2.71. The number of nitrogens with zero attached hydrogens (tertiary/aromatic N) is 1. The zero-order valence-corrected chi connectivity index (χ0v) is 12.7. The summed E-state index contributed by atoms with van der Waals surface area (Å²) in [6.07, 6.45) is -0.247. The van der Waals surface area contributed by atoms with Crippen molar-refractivity contribution in [2.75, 3.05) is 13.1 Å². The van der Waals surface area contributed by atoms with Crippen LogP contribution in [0.5, 0.6) is 5.75 Å². The molecule has 3 nitrogen and oxygen atoms in total. The van der Waals surface area contributed by atoms with Gasteiger partial charge in [0.05, 0.1) is 6.54 Å². The number of hydrogen-bond donors (Lipinski definition) is 0. The Morgan fingerprint density at radius 2 is 1.90 bits per heavy atom. The maximum atomic E-state index is 13.0. The van der Waals surface area contributed by atoms with Crippen LogP contribution in [0.4, 0.5) is 0 Å². The lowest BCUT2D eigenvalue weighted by Gasteiger charge is -2.42. The number of ether oxygens (including phenoxy) is 1. The number of quaternary nitrogens is 1. The number of halogens is 1. The first-order valence-electron chi connectivity index (χ1n) is 7.17. The molecule has 0 bridgehead atoms. The lowest BCUT2D eigenvalue weighted by molar-refractivity contribution is -0.894. The first-order chi connectivity index (χ1) is 10.1. The number of hydroxylamine groups is 3. The molecule has 1 aliphatic heterocycles. The van der Waals surface area contributed by atoms with E-state index in [1.165, 1.54) is 0 Å². The van der Waals surface area contributed by atoms with Gasteiger partial charge in [-0.2, -0.15) is 0 Å². The van der Waals surface area contributed by atoms with Crippen LogP contribution in [0.15, 0.2) is 48.5 Å². The topological polar surface area (TPSA) is 32.3 Å². The van der Waals surface area contributed by atoms with Gasteiger partial charge in [-0.05, 0) is 36.8 Å². The monoisotopic (exact) mass is 303 g/mol. The summed E-state index contributed by atoms with van der Waals surface area (Å²) in [6.45, 7) is 3.32. The van der Waals surface area contributed by atoms with Gasteiger partial charge in [0.1, 0.15) is 18.8 Å². The molecule has 0 fully saturated rings. The molecule has 0 saturated heterocycles. The Morgan fingerprint density at radius 1 is 1.19 bits per heavy atom. The summed E-state index contributed by atoms with van der Waals surface area (Å²) in [7, 11) is 0. The van der Waals surface area contributed by atoms with Crippen molar-refractivity contribution in [1.29, 1.82) is 0 Å². The second-order valence-electron chi connectivity index (χ2n) is 5.48. The highest BCUT2D eigenvalue weighted by Gasteiger charge is 2.30. The van der Waals surface area contributed by atoms with Crippen molar-refractivity contribution < 1.29 is 9.38 Å². The Bertz CT molecular complexity index is 629. The van der Waals surface area contributed by atoms with Crippen molar-refractivity contribution in [1.82, 2.24) is 0 Å². The lowest BCUT2D eigenvalue weighted by atomic mass is 10.1. The van der Waals surface area contributed by atoms with Crippen molar-refractivity contribution in [2.45, 2.75) is 19.6 Å². The van der Waals surface area contributed by atoms with Crippen LogP contribution >= 0.6 is 11.6 Å². The van der Waals surface area contributed by atoms with E-state index in [0.29, 0.717) is 24.7 Å². The second-order valence-corrected chi connectivity index (χ2v) is 5.92. The summed E-state index contributed by atoms with van der Waals surface area (Å²) in [5, 5.41) is 13.6. The minimum atomic E-state index is -0.274. The molecule has 21 heavy (non-hydrogen) atoms. The highest BCUT2D eigenvalue weighted by molar-refractivity contribution is 6.30. The van der Waals surface area contributed by atoms with Gasteiger partial charge in [0.25, 0.3) is 0 Å². The van der Waals surface area contributed by atoms with E-state index in [1.807, 2.05) is 55.5 Å². The van der Waals surface area contributed by atoms with E-state index in [-0.39, 0.29) is 10.8 Å². The summed E-state index contributed by atoms with van der Waals surface area (Å²) in [6, 6.07) is 15.3. The lowest BCUT2D eigenvalue weighted by Crippen LogP contribution is -2.43. The van der Waals surface area contributed by atoms with E-state index in [9.17, 15) is 5.21 Å². The number of benzene rings is 2. The van der Waals surface area contributed by atoms with Crippen molar-refractivity contribution >= 4 is 11.6 Å². The maximum Gasteiger partial charge on any atom is 0.173 e. The fourth-order valence-corrected chi connectivity index (χ4v) is 2.83. The van der Waals surface area contributed by atoms with Crippen molar-refractivity contribution in [3.05, 3.63) is 69.9 Å². The minimum absolute atomic E-state index is 0.247. The normalized spacial score (nSPS) is 24.8. The van der Waals surface area contributed by atoms with Gasteiger partial charge in [0.15, 0.2) is 6.10 Å². The number of rotatable bonds is 2. The van der Waals surface area contributed by atoms with E-state index in [2.05, 4.69) is 0 Å². The average Bonchev–Trinajstić information content (AvgIpc) is 2.64. The molecule has 2 atom stereocenters. The third-order valence-corrected chi connectivity index (χ3v) is 4.27. The predicted octanol–water partition coefficient (Wildman–Crippen LogP) is 4.31. The van der Waals surface area contributed by atoms with E-state index in [4.69, 9.17) is 16.3 Å². The summed E-state index contributed by atoms with van der Waals surface area (Å²) in [4.78, 5) is 0. The molecule has 0 N–H and O–H groups in total. The van der Waals surface area contributed by atoms with Crippen molar-refractivity contribution in [3.8, 4) is 5.75 Å². The fraction of sp³-hybridized carbons (Fsp3) is 0.294. The zero-order chi connectivity index (χ0) is 14.9. The molecule has 0 spiro atoms. The Morgan fingerprint density at radius 3 is 2.62 bits per heavy atom. The highest BCUT2D eigenvalue weighted by atomic mass is 35.5. The van der Waals surface area contributed by atoms with Crippen LogP contribution in [-0.4, -0.2) is 17.7 Å². The standard InChI is InChI=1S/C17H18ClNO2/c1-2-19(20)11-14-5-3-4-6-16(14)21-17(12-19)13-7-9-15(18)10-8-13/h3-10,17H,2,11-12H2,1H3. The SMILES string of the molecule is CC[N+]1([O-])Cc2ccccc2OC(c2ccc(Cl)cc2)C1. The van der Waals surface area contributed by atoms with Gasteiger partial charge in [-0.15, -0.1) is 0 Å². The molecule has 0 radical (unpaired) electrons. The second kappa shape index (κ2) is 5.68. The van der Waals surface area contributed by atoms with Crippen LogP contribution < -0.4 is 4.74 Å². The smallest absolute Gasteiger partial charge is 0.173 e. The molecule has 2 aromatic rings. The number of para-hydroxylation sites is 1. The quantitative estimate of drug-likeness (QED) is 0.612. The zero-order valence-electron chi connectivity index (χ0n) is 12.0. The molecule has 2 unspecified atom stereocenters. The van der Waals surface area contributed by atoms with Crippen LogP contribution in [0.1, 0.15) is 24.2 Å². The molecule has 0 aliphatic carbocycles. The largest absolute Gasteiger partial charge is 0.632 e. The van der Waals surface area contributed by atoms with Gasteiger partial charge in [0.2, 0.25) is 0 Å². The molecule has 0 amide bonds. The van der Waals surface area contributed by atoms with Crippen molar-refractivity contribution in [3.63, 3.8) is 0 Å². The van der Waals surface area contributed by atoms with E-state index >= 15 is 0 Å². The number of hydrogen-bond acceptors (Lipinski definition) is 2. The Balaban J connectivity index is 1.99. The molecule has 3 rings (SSSR count). The Kier molecular flexibility index (Phi) is 3.89. The summed E-state index contributed by atoms with van der Waals surface area (Å²) in [5.74, 6) is 0.807. The Hall–Kier alpha value is -1.55. The molecule has 4 heteroatoms. The summed E-state index contributed by atoms with van der Waals surface area (Å²) >= 11 is 5.94. The molecule has 1 aliphatic rings. The summed E-state index contributed by atoms with van der Waals surface area (Å²) in [5.41, 5.74) is 1.97. The first kappa shape index (κ1) is 14.4. The van der Waals surface area contributed by atoms with E-state index in [0.717, 1.165) is 16.9 Å². The molecule has 110 valence electrons. The first-order valence-corrected chi connectivity index (χ1v) is 7.54. The number of likely N-dealkylation sites (N-methyl/N-ethyl adjacent to an activating group) is 1. The molecular formula is C17H18ClNO2. The maximum absolute atomic E-state index is 13.0. The molecule has 1 heterocycles. The van der Waals surface area contributed by atoms with Gasteiger partial charge in [-0.3, -0.25) is 0 Å². The number of fused-ring (bicyclic) bond motifs is 1.